The summed E-state index contributed by atoms with van der Waals surface area (Å²) in [6, 6.07) is 10.3. The van der Waals surface area contributed by atoms with Crippen molar-refractivity contribution in [2.75, 3.05) is 51.3 Å². The Labute approximate surface area is 174 Å². The highest BCUT2D eigenvalue weighted by Crippen LogP contribution is 2.31. The summed E-state index contributed by atoms with van der Waals surface area (Å²) in [5, 5.41) is 3.58. The molecule has 158 valence electrons. The lowest BCUT2D eigenvalue weighted by Crippen LogP contribution is -2.45. The molecule has 0 saturated carbocycles. The number of aromatic nitrogens is 1. The standard InChI is InChI=1S/C23H34N4O2/c1-4-16-29-22-19(8-6-10-21(22)28-5-2)17-24-18-20-9-7-11-25-23(20)27-14-12-26(3)13-15-27/h6-11,24H,4-5,12-18H2,1-3H3. The second-order valence-corrected chi connectivity index (χ2v) is 7.41. The van der Waals surface area contributed by atoms with E-state index in [0.717, 1.165) is 68.6 Å². The summed E-state index contributed by atoms with van der Waals surface area (Å²) in [5.41, 5.74) is 2.35. The van der Waals surface area contributed by atoms with E-state index >= 15 is 0 Å². The molecule has 0 radical (unpaired) electrons. The average molecular weight is 399 g/mol. The molecule has 3 rings (SSSR count). The number of nitrogens with one attached hydrogen (secondary N) is 1. The molecule has 0 atom stereocenters. The number of anilines is 1. The van der Waals surface area contributed by atoms with Gasteiger partial charge in [-0.25, -0.2) is 4.98 Å². The molecule has 0 aliphatic carbocycles. The molecule has 0 unspecified atom stereocenters. The molecule has 0 amide bonds. The van der Waals surface area contributed by atoms with Crippen LogP contribution in [-0.4, -0.2) is 56.3 Å². The molecule has 1 aromatic carbocycles. The van der Waals surface area contributed by atoms with Crippen molar-refractivity contribution >= 4 is 5.82 Å². The van der Waals surface area contributed by atoms with Gasteiger partial charge in [-0.3, -0.25) is 0 Å². The van der Waals surface area contributed by atoms with Crippen LogP contribution in [0.4, 0.5) is 5.82 Å². The van der Waals surface area contributed by atoms with Crippen molar-refractivity contribution < 1.29 is 9.47 Å². The Morgan fingerprint density at radius 1 is 0.966 bits per heavy atom. The number of ether oxygens (including phenoxy) is 2. The van der Waals surface area contributed by atoms with E-state index in [1.165, 1.54) is 5.56 Å². The van der Waals surface area contributed by atoms with Crippen molar-refractivity contribution in [1.82, 2.24) is 15.2 Å². The summed E-state index contributed by atoms with van der Waals surface area (Å²) in [6.07, 6.45) is 2.86. The number of para-hydroxylation sites is 1. The van der Waals surface area contributed by atoms with Gasteiger partial charge >= 0.3 is 0 Å². The van der Waals surface area contributed by atoms with Crippen LogP contribution in [-0.2, 0) is 13.1 Å². The predicted molar refractivity (Wildman–Crippen MR) is 118 cm³/mol. The fourth-order valence-electron chi connectivity index (χ4n) is 3.54. The van der Waals surface area contributed by atoms with Gasteiger partial charge in [-0.2, -0.15) is 0 Å². The largest absolute Gasteiger partial charge is 0.490 e. The van der Waals surface area contributed by atoms with Crippen molar-refractivity contribution in [3.63, 3.8) is 0 Å². The average Bonchev–Trinajstić information content (AvgIpc) is 2.74. The zero-order valence-electron chi connectivity index (χ0n) is 18.0. The van der Waals surface area contributed by atoms with Crippen LogP contribution in [0.25, 0.3) is 0 Å². The first-order valence-electron chi connectivity index (χ1n) is 10.7. The summed E-state index contributed by atoms with van der Waals surface area (Å²) in [7, 11) is 2.17. The third-order valence-corrected chi connectivity index (χ3v) is 5.11. The number of hydrogen-bond acceptors (Lipinski definition) is 6. The maximum atomic E-state index is 6.01. The first-order valence-corrected chi connectivity index (χ1v) is 10.7. The van der Waals surface area contributed by atoms with E-state index in [0.29, 0.717) is 13.2 Å². The number of nitrogens with zero attached hydrogens (tertiary/aromatic N) is 3. The molecular formula is C23H34N4O2. The number of pyridine rings is 1. The molecule has 1 saturated heterocycles. The second-order valence-electron chi connectivity index (χ2n) is 7.41. The van der Waals surface area contributed by atoms with Crippen molar-refractivity contribution in [2.24, 2.45) is 0 Å². The number of hydrogen-bond donors (Lipinski definition) is 1. The van der Waals surface area contributed by atoms with E-state index in [-0.39, 0.29) is 0 Å². The first kappa shape index (κ1) is 21.4. The lowest BCUT2D eigenvalue weighted by molar-refractivity contribution is 0.274. The van der Waals surface area contributed by atoms with Crippen molar-refractivity contribution in [3.8, 4) is 11.5 Å². The molecule has 2 heterocycles. The lowest BCUT2D eigenvalue weighted by atomic mass is 10.1. The van der Waals surface area contributed by atoms with Crippen LogP contribution < -0.4 is 19.7 Å². The highest BCUT2D eigenvalue weighted by Gasteiger charge is 2.18. The van der Waals surface area contributed by atoms with Gasteiger partial charge in [0, 0.05) is 56.6 Å². The van der Waals surface area contributed by atoms with E-state index in [2.05, 4.69) is 46.2 Å². The molecule has 0 spiro atoms. The number of likely N-dealkylation sites (N-methyl/N-ethyl adjacent to an activating group) is 1. The highest BCUT2D eigenvalue weighted by molar-refractivity contribution is 5.48. The Kier molecular flexibility index (Phi) is 8.14. The van der Waals surface area contributed by atoms with Crippen LogP contribution in [0.5, 0.6) is 11.5 Å². The molecule has 1 aliphatic rings. The number of piperazine rings is 1. The van der Waals surface area contributed by atoms with Gasteiger partial charge < -0.3 is 24.6 Å². The van der Waals surface area contributed by atoms with Gasteiger partial charge in [0.25, 0.3) is 0 Å². The molecule has 29 heavy (non-hydrogen) atoms. The van der Waals surface area contributed by atoms with Crippen LogP contribution in [0.3, 0.4) is 0 Å². The monoisotopic (exact) mass is 398 g/mol. The fraction of sp³-hybridized carbons (Fsp3) is 0.522. The summed E-state index contributed by atoms with van der Waals surface area (Å²) < 4.78 is 11.8. The van der Waals surface area contributed by atoms with Gasteiger partial charge in [-0.1, -0.05) is 25.1 Å². The van der Waals surface area contributed by atoms with E-state index < -0.39 is 0 Å². The van der Waals surface area contributed by atoms with Crippen LogP contribution >= 0.6 is 0 Å². The molecule has 6 nitrogen and oxygen atoms in total. The van der Waals surface area contributed by atoms with Gasteiger partial charge in [0.05, 0.1) is 13.2 Å². The zero-order valence-corrected chi connectivity index (χ0v) is 18.0. The number of rotatable bonds is 10. The SMILES string of the molecule is CCCOc1c(CNCc2cccnc2N2CCN(C)CC2)cccc1OCC. The van der Waals surface area contributed by atoms with Gasteiger partial charge in [-0.15, -0.1) is 0 Å². The van der Waals surface area contributed by atoms with E-state index in [9.17, 15) is 0 Å². The summed E-state index contributed by atoms with van der Waals surface area (Å²) in [6.45, 7) is 11.1. The molecule has 1 fully saturated rings. The molecule has 6 heteroatoms. The third-order valence-electron chi connectivity index (χ3n) is 5.11. The predicted octanol–water partition coefficient (Wildman–Crippen LogP) is 3.31. The molecule has 0 bridgehead atoms. The van der Waals surface area contributed by atoms with Crippen molar-refractivity contribution in [2.45, 2.75) is 33.4 Å². The fourth-order valence-corrected chi connectivity index (χ4v) is 3.54. The van der Waals surface area contributed by atoms with Crippen LogP contribution in [0.1, 0.15) is 31.4 Å². The lowest BCUT2D eigenvalue weighted by Gasteiger charge is -2.34. The maximum Gasteiger partial charge on any atom is 0.165 e. The van der Waals surface area contributed by atoms with Crippen LogP contribution in [0.2, 0.25) is 0 Å². The summed E-state index contributed by atoms with van der Waals surface area (Å²) in [5.74, 6) is 2.77. The van der Waals surface area contributed by atoms with E-state index in [1.807, 2.05) is 31.3 Å². The zero-order chi connectivity index (χ0) is 20.5. The van der Waals surface area contributed by atoms with Crippen molar-refractivity contribution in [3.05, 3.63) is 47.7 Å². The maximum absolute atomic E-state index is 6.01. The van der Waals surface area contributed by atoms with E-state index in [4.69, 9.17) is 9.47 Å². The Balaban J connectivity index is 1.67. The molecule has 2 aromatic rings. The molecule has 1 N–H and O–H groups in total. The first-order chi connectivity index (χ1) is 14.2. The van der Waals surface area contributed by atoms with Gasteiger partial charge in [-0.05, 0) is 32.5 Å². The van der Waals surface area contributed by atoms with Gasteiger partial charge in [0.15, 0.2) is 11.5 Å². The minimum Gasteiger partial charge on any atom is -0.490 e. The Hall–Kier alpha value is -2.31. The summed E-state index contributed by atoms with van der Waals surface area (Å²) in [4.78, 5) is 9.43. The quantitative estimate of drug-likeness (QED) is 0.663. The minimum atomic E-state index is 0.628. The Morgan fingerprint density at radius 2 is 1.72 bits per heavy atom. The summed E-state index contributed by atoms with van der Waals surface area (Å²) >= 11 is 0. The van der Waals surface area contributed by atoms with Gasteiger partial charge in [0.1, 0.15) is 5.82 Å². The number of benzene rings is 1. The van der Waals surface area contributed by atoms with Gasteiger partial charge in [0.2, 0.25) is 0 Å². The Morgan fingerprint density at radius 3 is 2.48 bits per heavy atom. The molecular weight excluding hydrogens is 364 g/mol. The Bertz CT molecular complexity index is 760. The van der Waals surface area contributed by atoms with Crippen LogP contribution in [0, 0.1) is 0 Å². The minimum absolute atomic E-state index is 0.628. The normalized spacial score (nSPS) is 14.8. The molecule has 1 aliphatic heterocycles. The van der Waals surface area contributed by atoms with Crippen LogP contribution in [0.15, 0.2) is 36.5 Å². The molecule has 1 aromatic heterocycles. The second kappa shape index (κ2) is 11.0. The highest BCUT2D eigenvalue weighted by atomic mass is 16.5. The smallest absolute Gasteiger partial charge is 0.165 e. The van der Waals surface area contributed by atoms with Crippen molar-refractivity contribution in [1.29, 1.82) is 0 Å². The third kappa shape index (κ3) is 5.84. The topological polar surface area (TPSA) is 49.9 Å². The van der Waals surface area contributed by atoms with E-state index in [1.54, 1.807) is 0 Å².